The molecule has 0 atom stereocenters. The molecule has 0 saturated heterocycles. The van der Waals surface area contributed by atoms with Crippen molar-refractivity contribution in [1.29, 1.82) is 5.41 Å². The lowest BCUT2D eigenvalue weighted by atomic mass is 10.1. The minimum Gasteiger partial charge on any atom is -0.384 e. The van der Waals surface area contributed by atoms with Crippen molar-refractivity contribution < 1.29 is 8.78 Å². The Morgan fingerprint density at radius 1 is 1.15 bits per heavy atom. The number of amidine groups is 1. The zero-order chi connectivity index (χ0) is 14.7. The highest BCUT2D eigenvalue weighted by atomic mass is 19.1. The fraction of sp³-hybridized carbons (Fsp3) is 0.533. The zero-order valence-corrected chi connectivity index (χ0v) is 11.8. The molecule has 0 unspecified atom stereocenters. The zero-order valence-electron chi connectivity index (χ0n) is 11.8. The van der Waals surface area contributed by atoms with Gasteiger partial charge in [-0.3, -0.25) is 5.41 Å². The van der Waals surface area contributed by atoms with Gasteiger partial charge in [-0.15, -0.1) is 0 Å². The van der Waals surface area contributed by atoms with Crippen molar-refractivity contribution in [3.8, 4) is 0 Å². The second kappa shape index (κ2) is 6.20. The average Bonchev–Trinajstić information content (AvgIpc) is 2.66. The minimum absolute atomic E-state index is 0.0121. The van der Waals surface area contributed by atoms with Crippen molar-refractivity contribution in [1.82, 2.24) is 0 Å². The van der Waals surface area contributed by atoms with Gasteiger partial charge in [0.1, 0.15) is 23.2 Å². The average molecular weight is 281 g/mol. The topological polar surface area (TPSA) is 53.1 Å². The van der Waals surface area contributed by atoms with Crippen LogP contribution < -0.4 is 10.6 Å². The molecule has 0 bridgehead atoms. The number of nitrogens with two attached hydrogens (primary N) is 1. The first-order valence-corrected chi connectivity index (χ1v) is 7.07. The van der Waals surface area contributed by atoms with Crippen LogP contribution in [0.5, 0.6) is 0 Å². The summed E-state index contributed by atoms with van der Waals surface area (Å²) in [4.78, 5) is 1.71. The predicted octanol–water partition coefficient (Wildman–Crippen LogP) is 3.41. The SMILES string of the molecule is CN(c1c(F)cc(C(=N)N)cc1F)C1CCCCCC1. The van der Waals surface area contributed by atoms with Crippen molar-refractivity contribution in [2.45, 2.75) is 44.6 Å². The molecular weight excluding hydrogens is 260 g/mol. The Morgan fingerprint density at radius 2 is 1.65 bits per heavy atom. The van der Waals surface area contributed by atoms with E-state index in [1.807, 2.05) is 0 Å². The molecular formula is C15H21F2N3. The van der Waals surface area contributed by atoms with Crippen LogP contribution in [0, 0.1) is 17.0 Å². The van der Waals surface area contributed by atoms with E-state index in [1.54, 1.807) is 11.9 Å². The molecule has 3 nitrogen and oxygen atoms in total. The van der Waals surface area contributed by atoms with Crippen LogP contribution in [0.3, 0.4) is 0 Å². The molecule has 0 aliphatic heterocycles. The summed E-state index contributed by atoms with van der Waals surface area (Å²) in [6.07, 6.45) is 6.51. The lowest BCUT2D eigenvalue weighted by Gasteiger charge is -2.30. The van der Waals surface area contributed by atoms with Crippen LogP contribution in [0.2, 0.25) is 0 Å². The van der Waals surface area contributed by atoms with Crippen molar-refractivity contribution >= 4 is 11.5 Å². The molecule has 0 heterocycles. The lowest BCUT2D eigenvalue weighted by molar-refractivity contribution is 0.517. The summed E-state index contributed by atoms with van der Waals surface area (Å²) in [5.41, 5.74) is 5.35. The summed E-state index contributed by atoms with van der Waals surface area (Å²) in [6, 6.07) is 2.44. The Labute approximate surface area is 118 Å². The van der Waals surface area contributed by atoms with Gasteiger partial charge in [0.05, 0.1) is 0 Å². The van der Waals surface area contributed by atoms with Gasteiger partial charge in [-0.05, 0) is 25.0 Å². The Hall–Kier alpha value is -1.65. The van der Waals surface area contributed by atoms with Crippen molar-refractivity contribution in [2.24, 2.45) is 5.73 Å². The third-order valence-corrected chi connectivity index (χ3v) is 4.05. The molecule has 0 amide bonds. The van der Waals surface area contributed by atoms with Gasteiger partial charge in [0.2, 0.25) is 0 Å². The van der Waals surface area contributed by atoms with Gasteiger partial charge in [0.15, 0.2) is 0 Å². The number of nitrogen functional groups attached to an aromatic ring is 1. The first-order valence-electron chi connectivity index (χ1n) is 7.07. The van der Waals surface area contributed by atoms with E-state index in [1.165, 1.54) is 12.8 Å². The summed E-state index contributed by atoms with van der Waals surface area (Å²) < 4.78 is 28.3. The third kappa shape index (κ3) is 3.08. The molecule has 0 spiro atoms. The predicted molar refractivity (Wildman–Crippen MR) is 77.3 cm³/mol. The van der Waals surface area contributed by atoms with E-state index in [4.69, 9.17) is 11.1 Å². The monoisotopic (exact) mass is 281 g/mol. The van der Waals surface area contributed by atoms with Crippen molar-refractivity contribution in [3.63, 3.8) is 0 Å². The smallest absolute Gasteiger partial charge is 0.150 e. The van der Waals surface area contributed by atoms with Gasteiger partial charge in [-0.2, -0.15) is 0 Å². The molecule has 1 aromatic carbocycles. The van der Waals surface area contributed by atoms with E-state index >= 15 is 0 Å². The van der Waals surface area contributed by atoms with Gasteiger partial charge in [0, 0.05) is 18.7 Å². The highest BCUT2D eigenvalue weighted by molar-refractivity contribution is 5.95. The van der Waals surface area contributed by atoms with Crippen LogP contribution >= 0.6 is 0 Å². The number of hydrogen-bond donors (Lipinski definition) is 2. The van der Waals surface area contributed by atoms with Gasteiger partial charge < -0.3 is 10.6 Å². The number of nitrogens with zero attached hydrogens (tertiary/aromatic N) is 1. The first kappa shape index (κ1) is 14.8. The van der Waals surface area contributed by atoms with Gasteiger partial charge >= 0.3 is 0 Å². The van der Waals surface area contributed by atoms with E-state index in [0.29, 0.717) is 0 Å². The Balaban J connectivity index is 2.29. The molecule has 1 aliphatic rings. The van der Waals surface area contributed by atoms with Crippen LogP contribution in [-0.4, -0.2) is 18.9 Å². The maximum Gasteiger partial charge on any atom is 0.150 e. The molecule has 2 rings (SSSR count). The molecule has 20 heavy (non-hydrogen) atoms. The Bertz CT molecular complexity index is 471. The minimum atomic E-state index is -0.651. The van der Waals surface area contributed by atoms with E-state index in [2.05, 4.69) is 0 Å². The van der Waals surface area contributed by atoms with Crippen LogP contribution in [0.4, 0.5) is 14.5 Å². The number of hydrogen-bond acceptors (Lipinski definition) is 2. The molecule has 5 heteroatoms. The normalized spacial score (nSPS) is 16.8. The van der Waals surface area contributed by atoms with E-state index < -0.39 is 11.6 Å². The summed E-state index contributed by atoms with van der Waals surface area (Å²) in [5, 5.41) is 7.26. The molecule has 1 aromatic rings. The summed E-state index contributed by atoms with van der Waals surface area (Å²) in [6.45, 7) is 0. The van der Waals surface area contributed by atoms with E-state index in [-0.39, 0.29) is 23.1 Å². The first-order chi connectivity index (χ1) is 9.50. The van der Waals surface area contributed by atoms with Crippen molar-refractivity contribution in [3.05, 3.63) is 29.3 Å². The second-order valence-corrected chi connectivity index (χ2v) is 5.46. The van der Waals surface area contributed by atoms with E-state index in [0.717, 1.165) is 37.8 Å². The van der Waals surface area contributed by atoms with Crippen LogP contribution in [0.15, 0.2) is 12.1 Å². The molecule has 1 aliphatic carbocycles. The summed E-state index contributed by atoms with van der Waals surface area (Å²) >= 11 is 0. The van der Waals surface area contributed by atoms with Crippen LogP contribution in [-0.2, 0) is 0 Å². The van der Waals surface area contributed by atoms with E-state index in [9.17, 15) is 8.78 Å². The molecule has 1 saturated carbocycles. The van der Waals surface area contributed by atoms with Gasteiger partial charge in [-0.25, -0.2) is 8.78 Å². The van der Waals surface area contributed by atoms with Crippen LogP contribution in [0.1, 0.15) is 44.1 Å². The quantitative estimate of drug-likeness (QED) is 0.507. The number of rotatable bonds is 3. The highest BCUT2D eigenvalue weighted by Gasteiger charge is 2.23. The third-order valence-electron chi connectivity index (χ3n) is 4.05. The van der Waals surface area contributed by atoms with Crippen LogP contribution in [0.25, 0.3) is 0 Å². The lowest BCUT2D eigenvalue weighted by Crippen LogP contribution is -2.32. The maximum absolute atomic E-state index is 14.1. The number of anilines is 1. The Morgan fingerprint density at radius 3 is 2.10 bits per heavy atom. The molecule has 1 fully saturated rings. The molecule has 110 valence electrons. The molecule has 3 N–H and O–H groups in total. The summed E-state index contributed by atoms with van der Waals surface area (Å²) in [5.74, 6) is -1.63. The highest BCUT2D eigenvalue weighted by Crippen LogP contribution is 2.30. The standard InChI is InChI=1S/C15H21F2N3/c1-20(11-6-4-2-3-5-7-11)14-12(16)8-10(15(18)19)9-13(14)17/h8-9,11H,2-7H2,1H3,(H3,18,19). The number of nitrogens with one attached hydrogen (secondary N) is 1. The van der Waals surface area contributed by atoms with Gasteiger partial charge in [-0.1, -0.05) is 25.7 Å². The largest absolute Gasteiger partial charge is 0.384 e. The maximum atomic E-state index is 14.1. The molecule has 0 aromatic heterocycles. The van der Waals surface area contributed by atoms with Crippen molar-refractivity contribution in [2.75, 3.05) is 11.9 Å². The van der Waals surface area contributed by atoms with Gasteiger partial charge in [0.25, 0.3) is 0 Å². The number of halogens is 2. The fourth-order valence-corrected chi connectivity index (χ4v) is 2.89. The Kier molecular flexibility index (Phi) is 4.57. The fourth-order valence-electron chi connectivity index (χ4n) is 2.89. The molecule has 0 radical (unpaired) electrons. The summed E-state index contributed by atoms with van der Waals surface area (Å²) in [7, 11) is 1.74. The number of benzene rings is 1. The second-order valence-electron chi connectivity index (χ2n) is 5.46.